The van der Waals surface area contributed by atoms with Gasteiger partial charge in [-0.25, -0.2) is 0 Å². The van der Waals surface area contributed by atoms with Crippen LogP contribution in [-0.2, 0) is 19.1 Å². The third kappa shape index (κ3) is 2.89. The molecule has 0 aromatic heterocycles. The molecule has 4 aliphatic rings. The number of fused-ring (bicyclic) bond motifs is 5. The summed E-state index contributed by atoms with van der Waals surface area (Å²) < 4.78 is 4.99. The molecule has 0 N–H and O–H groups in total. The van der Waals surface area contributed by atoms with Crippen molar-refractivity contribution in [2.24, 2.45) is 40.4 Å². The summed E-state index contributed by atoms with van der Waals surface area (Å²) in [5.74, 6) is 1.71. The molecule has 4 fully saturated rings. The monoisotopic (exact) mass is 374 g/mol. The molecule has 0 bridgehead atoms. The molecular formula is C23H34O4. The maximum atomic E-state index is 13.5. The molecule has 4 saturated carbocycles. The van der Waals surface area contributed by atoms with Gasteiger partial charge in [-0.05, 0) is 67.1 Å². The van der Waals surface area contributed by atoms with Crippen molar-refractivity contribution < 1.29 is 19.1 Å². The fraction of sp³-hybridized carbons (Fsp3) is 0.870. The average molecular weight is 375 g/mol. The fourth-order valence-electron chi connectivity index (χ4n) is 7.91. The Labute approximate surface area is 162 Å². The number of ketones is 2. The highest BCUT2D eigenvalue weighted by Crippen LogP contribution is 2.66. The molecule has 27 heavy (non-hydrogen) atoms. The van der Waals surface area contributed by atoms with Crippen molar-refractivity contribution in [2.75, 3.05) is 6.61 Å². The first-order valence-electron chi connectivity index (χ1n) is 11.0. The van der Waals surface area contributed by atoms with Crippen LogP contribution < -0.4 is 0 Å². The van der Waals surface area contributed by atoms with Crippen LogP contribution >= 0.6 is 0 Å². The van der Waals surface area contributed by atoms with Crippen molar-refractivity contribution in [3.8, 4) is 0 Å². The maximum Gasteiger partial charge on any atom is 0.303 e. The van der Waals surface area contributed by atoms with Gasteiger partial charge in [0.05, 0.1) is 0 Å². The van der Waals surface area contributed by atoms with E-state index in [-0.39, 0.29) is 35.1 Å². The Morgan fingerprint density at radius 3 is 2.56 bits per heavy atom. The first-order valence-corrected chi connectivity index (χ1v) is 11.0. The third-order valence-corrected chi connectivity index (χ3v) is 9.07. The minimum atomic E-state index is -0.411. The highest BCUT2D eigenvalue weighted by Gasteiger charge is 2.63. The molecule has 0 spiro atoms. The zero-order chi connectivity index (χ0) is 19.4. The van der Waals surface area contributed by atoms with Gasteiger partial charge in [0.15, 0.2) is 5.78 Å². The van der Waals surface area contributed by atoms with Gasteiger partial charge in [0.25, 0.3) is 0 Å². The Balaban J connectivity index is 1.59. The summed E-state index contributed by atoms with van der Waals surface area (Å²) in [7, 11) is 0. The Morgan fingerprint density at radius 2 is 1.81 bits per heavy atom. The molecule has 0 aliphatic heterocycles. The van der Waals surface area contributed by atoms with Crippen LogP contribution in [0.2, 0.25) is 0 Å². The molecule has 4 rings (SSSR count). The summed E-state index contributed by atoms with van der Waals surface area (Å²) >= 11 is 0. The van der Waals surface area contributed by atoms with E-state index in [0.29, 0.717) is 30.0 Å². The van der Waals surface area contributed by atoms with Gasteiger partial charge in [-0.2, -0.15) is 0 Å². The van der Waals surface area contributed by atoms with Gasteiger partial charge in [-0.15, -0.1) is 0 Å². The molecule has 150 valence electrons. The zero-order valence-corrected chi connectivity index (χ0v) is 17.1. The number of esters is 1. The van der Waals surface area contributed by atoms with Gasteiger partial charge in [-0.3, -0.25) is 14.4 Å². The van der Waals surface area contributed by atoms with E-state index in [2.05, 4.69) is 13.8 Å². The van der Waals surface area contributed by atoms with Crippen LogP contribution in [0, 0.1) is 40.4 Å². The van der Waals surface area contributed by atoms with Gasteiger partial charge >= 0.3 is 5.97 Å². The quantitative estimate of drug-likeness (QED) is 0.689. The Morgan fingerprint density at radius 1 is 1.04 bits per heavy atom. The van der Waals surface area contributed by atoms with E-state index in [0.717, 1.165) is 19.3 Å². The summed E-state index contributed by atoms with van der Waals surface area (Å²) in [5, 5.41) is 0. The lowest BCUT2D eigenvalue weighted by molar-refractivity contribution is -0.160. The first kappa shape index (κ1) is 19.1. The van der Waals surface area contributed by atoms with E-state index in [1.54, 1.807) is 0 Å². The second-order valence-electron chi connectivity index (χ2n) is 10.3. The minimum absolute atomic E-state index is 0.0130. The van der Waals surface area contributed by atoms with Crippen molar-refractivity contribution in [2.45, 2.75) is 78.6 Å². The van der Waals surface area contributed by atoms with Crippen LogP contribution in [-0.4, -0.2) is 24.1 Å². The first-order chi connectivity index (χ1) is 12.8. The number of rotatable bonds is 3. The van der Waals surface area contributed by atoms with E-state index >= 15 is 0 Å². The van der Waals surface area contributed by atoms with E-state index in [9.17, 15) is 14.4 Å². The predicted octanol–water partition coefficient (Wildman–Crippen LogP) is 4.35. The normalized spacial score (nSPS) is 46.2. The van der Waals surface area contributed by atoms with Crippen LogP contribution in [0.3, 0.4) is 0 Å². The molecular weight excluding hydrogens is 340 g/mol. The van der Waals surface area contributed by atoms with Gasteiger partial charge in [0.2, 0.25) is 0 Å². The molecule has 0 radical (unpaired) electrons. The third-order valence-electron chi connectivity index (χ3n) is 9.07. The average Bonchev–Trinajstić information content (AvgIpc) is 2.95. The fourth-order valence-corrected chi connectivity index (χ4v) is 7.91. The molecule has 0 heterocycles. The largest absolute Gasteiger partial charge is 0.458 e. The summed E-state index contributed by atoms with van der Waals surface area (Å²) in [5.41, 5.74) is -0.0627. The lowest BCUT2D eigenvalue weighted by Crippen LogP contribution is -2.57. The molecule has 0 aromatic carbocycles. The van der Waals surface area contributed by atoms with Gasteiger partial charge in [0.1, 0.15) is 12.4 Å². The molecule has 7 atom stereocenters. The summed E-state index contributed by atoms with van der Waals surface area (Å²) in [6.07, 6.45) is 9.90. The van der Waals surface area contributed by atoms with Crippen molar-refractivity contribution in [1.82, 2.24) is 0 Å². The summed E-state index contributed by atoms with van der Waals surface area (Å²) in [4.78, 5) is 37.4. The lowest BCUT2D eigenvalue weighted by Gasteiger charge is -2.59. The zero-order valence-electron chi connectivity index (χ0n) is 17.1. The SMILES string of the molecule is CC(=O)OCC(=O)[C@H]1CC[C@H]2[C@@H]3CCC4CCCC[C@]4(C)[C@H]3C(=O)C[C@]12C. The molecule has 4 heteroatoms. The van der Waals surface area contributed by atoms with Gasteiger partial charge in [-0.1, -0.05) is 26.7 Å². The van der Waals surface area contributed by atoms with Crippen molar-refractivity contribution in [3.63, 3.8) is 0 Å². The highest BCUT2D eigenvalue weighted by atomic mass is 16.5. The summed E-state index contributed by atoms with van der Waals surface area (Å²) in [6, 6.07) is 0. The topological polar surface area (TPSA) is 60.4 Å². The molecule has 1 unspecified atom stereocenters. The van der Waals surface area contributed by atoms with Crippen molar-refractivity contribution in [3.05, 3.63) is 0 Å². The van der Waals surface area contributed by atoms with Crippen LogP contribution in [0.25, 0.3) is 0 Å². The standard InChI is InChI=1S/C23H34O4/c1-14(24)27-13-20(26)18-10-9-17-16-8-7-15-6-4-5-11-22(15,2)21(16)19(25)12-23(17,18)3/h15-18,21H,4-13H2,1-3H3/t15?,16-,17-,18+,21+,22-,23-/m0/s1. The second kappa shape index (κ2) is 6.70. The van der Waals surface area contributed by atoms with Crippen molar-refractivity contribution >= 4 is 17.5 Å². The second-order valence-corrected chi connectivity index (χ2v) is 10.3. The smallest absolute Gasteiger partial charge is 0.303 e. The lowest BCUT2D eigenvalue weighted by atomic mass is 9.44. The number of Topliss-reactive ketones (excluding diaryl/α,β-unsaturated/α-hetero) is 2. The maximum absolute atomic E-state index is 13.5. The summed E-state index contributed by atoms with van der Waals surface area (Å²) in [6.45, 7) is 5.77. The number of ether oxygens (including phenoxy) is 1. The number of hydrogen-bond donors (Lipinski definition) is 0. The van der Waals surface area contributed by atoms with E-state index in [1.165, 1.54) is 39.0 Å². The van der Waals surface area contributed by atoms with Crippen LogP contribution in [0.1, 0.15) is 78.6 Å². The predicted molar refractivity (Wildman–Crippen MR) is 102 cm³/mol. The number of carbonyl (C=O) groups is 3. The number of hydrogen-bond acceptors (Lipinski definition) is 4. The minimum Gasteiger partial charge on any atom is -0.458 e. The van der Waals surface area contributed by atoms with Crippen LogP contribution in [0.15, 0.2) is 0 Å². The Hall–Kier alpha value is -1.19. The molecule has 0 aromatic rings. The molecule has 0 saturated heterocycles. The van der Waals surface area contributed by atoms with Crippen LogP contribution in [0.5, 0.6) is 0 Å². The molecule has 4 nitrogen and oxygen atoms in total. The van der Waals surface area contributed by atoms with Crippen LogP contribution in [0.4, 0.5) is 0 Å². The Bertz CT molecular complexity index is 655. The number of carbonyl (C=O) groups excluding carboxylic acids is 3. The van der Waals surface area contributed by atoms with E-state index in [4.69, 9.17) is 4.74 Å². The Kier molecular flexibility index (Phi) is 4.75. The van der Waals surface area contributed by atoms with Crippen molar-refractivity contribution in [1.29, 1.82) is 0 Å². The highest BCUT2D eigenvalue weighted by molar-refractivity contribution is 5.89. The molecule has 0 amide bonds. The van der Waals surface area contributed by atoms with Gasteiger partial charge in [0, 0.05) is 25.2 Å². The van der Waals surface area contributed by atoms with E-state index < -0.39 is 5.97 Å². The molecule has 4 aliphatic carbocycles. The van der Waals surface area contributed by atoms with E-state index in [1.807, 2.05) is 0 Å². The van der Waals surface area contributed by atoms with Gasteiger partial charge < -0.3 is 4.74 Å².